The van der Waals surface area contributed by atoms with Crippen molar-refractivity contribution in [1.82, 2.24) is 0 Å². The Labute approximate surface area is 181 Å². The lowest BCUT2D eigenvalue weighted by Crippen LogP contribution is -2.03. The molecule has 0 radical (unpaired) electrons. The van der Waals surface area contributed by atoms with Crippen molar-refractivity contribution in [2.75, 3.05) is 46.4 Å². The molecule has 3 fully saturated rings. The predicted octanol–water partition coefficient (Wildman–Crippen LogP) is 8.13. The molecule has 3 rings (SSSR count). The molecular formula is C24H60O4. The Balaban J connectivity index is -0.0000000516. The zero-order chi connectivity index (χ0) is 23.3. The van der Waals surface area contributed by atoms with E-state index in [0.717, 1.165) is 39.6 Å². The lowest BCUT2D eigenvalue weighted by molar-refractivity contribution is 0.0692. The molecule has 0 aromatic carbocycles. The molecule has 0 aromatic rings. The van der Waals surface area contributed by atoms with E-state index in [0.29, 0.717) is 6.79 Å². The highest BCUT2D eigenvalue weighted by atomic mass is 16.7. The maximum atomic E-state index is 5.07. The Kier molecular flexibility index (Phi) is 107. The van der Waals surface area contributed by atoms with Crippen molar-refractivity contribution in [3.05, 3.63) is 0 Å². The highest BCUT2D eigenvalue weighted by Crippen LogP contribution is 2.02. The van der Waals surface area contributed by atoms with E-state index in [2.05, 4.69) is 0 Å². The quantitative estimate of drug-likeness (QED) is 0.402. The molecule has 4 heteroatoms. The average molecular weight is 413 g/mol. The molecule has 180 valence electrons. The summed E-state index contributed by atoms with van der Waals surface area (Å²) >= 11 is 0. The molecule has 0 amide bonds. The first kappa shape index (κ1) is 42.0. The molecule has 0 saturated carbocycles. The molecule has 3 heterocycles. The molecule has 0 atom stereocenters. The molecule has 0 spiro atoms. The first-order valence-electron chi connectivity index (χ1n) is 12.3. The number of rotatable bonds is 0. The highest BCUT2D eigenvalue weighted by molar-refractivity contribution is 4.45. The van der Waals surface area contributed by atoms with Crippen LogP contribution < -0.4 is 0 Å². The van der Waals surface area contributed by atoms with E-state index in [1.165, 1.54) is 32.1 Å². The second-order valence-corrected chi connectivity index (χ2v) is 3.93. The summed E-state index contributed by atoms with van der Waals surface area (Å²) in [4.78, 5) is 0. The summed E-state index contributed by atoms with van der Waals surface area (Å²) in [6, 6.07) is 0. The molecule has 0 unspecified atom stereocenters. The molecular weight excluding hydrogens is 352 g/mol. The van der Waals surface area contributed by atoms with Crippen LogP contribution in [-0.2, 0) is 18.9 Å². The standard InChI is InChI=1S/C5H10O.C4H8O.C3H6O2.6C2H6/c1-2-4-6-5-3-1;1-2-4-5-3-1;1-2-5-3-4-1;6*1-2/h1-5H2;1-4H2;1-3H2;6*1-2H3. The van der Waals surface area contributed by atoms with Gasteiger partial charge in [-0.1, -0.05) is 83.1 Å². The molecule has 0 aromatic heterocycles. The van der Waals surface area contributed by atoms with Gasteiger partial charge in [0, 0.05) is 26.4 Å². The van der Waals surface area contributed by atoms with E-state index >= 15 is 0 Å². The van der Waals surface area contributed by atoms with Crippen molar-refractivity contribution in [3.8, 4) is 0 Å². The topological polar surface area (TPSA) is 36.9 Å². The molecule has 3 aliphatic heterocycles. The van der Waals surface area contributed by atoms with Gasteiger partial charge < -0.3 is 18.9 Å². The summed E-state index contributed by atoms with van der Waals surface area (Å²) in [6.45, 7) is 30.1. The molecule has 0 bridgehead atoms. The van der Waals surface area contributed by atoms with Gasteiger partial charge in [0.1, 0.15) is 6.79 Å². The van der Waals surface area contributed by atoms with Gasteiger partial charge in [-0.25, -0.2) is 0 Å². The van der Waals surface area contributed by atoms with E-state index in [4.69, 9.17) is 18.9 Å². The molecule has 3 saturated heterocycles. The predicted molar refractivity (Wildman–Crippen MR) is 130 cm³/mol. The first-order valence-corrected chi connectivity index (χ1v) is 12.3. The van der Waals surface area contributed by atoms with Crippen LogP contribution >= 0.6 is 0 Å². The zero-order valence-corrected chi connectivity index (χ0v) is 22.1. The van der Waals surface area contributed by atoms with Gasteiger partial charge in [0.15, 0.2) is 0 Å². The average Bonchev–Trinajstić information content (AvgIpc) is 3.63. The van der Waals surface area contributed by atoms with E-state index in [9.17, 15) is 0 Å². The fourth-order valence-corrected chi connectivity index (χ4v) is 1.49. The van der Waals surface area contributed by atoms with Crippen LogP contribution in [0.15, 0.2) is 0 Å². The highest BCUT2D eigenvalue weighted by Gasteiger charge is 1.95. The minimum atomic E-state index is 0.500. The smallest absolute Gasteiger partial charge is 0.146 e. The van der Waals surface area contributed by atoms with Gasteiger partial charge in [-0.15, -0.1) is 0 Å². The molecule has 28 heavy (non-hydrogen) atoms. The molecule has 3 aliphatic rings. The zero-order valence-electron chi connectivity index (χ0n) is 22.1. The van der Waals surface area contributed by atoms with Gasteiger partial charge >= 0.3 is 0 Å². The Morgan fingerprint density at radius 3 is 0.643 bits per heavy atom. The number of hydrogen-bond donors (Lipinski definition) is 0. The molecule has 0 aliphatic carbocycles. The van der Waals surface area contributed by atoms with Crippen LogP contribution in [0.5, 0.6) is 0 Å². The Hall–Kier alpha value is -0.160. The third-order valence-corrected chi connectivity index (χ3v) is 2.44. The summed E-state index contributed by atoms with van der Waals surface area (Å²) in [5.41, 5.74) is 0. The van der Waals surface area contributed by atoms with Crippen molar-refractivity contribution in [2.24, 2.45) is 0 Å². The fourth-order valence-electron chi connectivity index (χ4n) is 1.49. The largest absolute Gasteiger partial charge is 0.381 e. The van der Waals surface area contributed by atoms with Crippen molar-refractivity contribution in [1.29, 1.82) is 0 Å². The van der Waals surface area contributed by atoms with Crippen LogP contribution in [0.2, 0.25) is 0 Å². The fraction of sp³-hybridized carbons (Fsp3) is 1.00. The summed E-state index contributed by atoms with van der Waals surface area (Å²) in [7, 11) is 0. The van der Waals surface area contributed by atoms with Gasteiger partial charge in [-0.05, 0) is 32.1 Å². The lowest BCUT2D eigenvalue weighted by Gasteiger charge is -2.08. The van der Waals surface area contributed by atoms with E-state index in [1.807, 2.05) is 83.1 Å². The molecule has 4 nitrogen and oxygen atoms in total. The third-order valence-electron chi connectivity index (χ3n) is 2.44. The van der Waals surface area contributed by atoms with Crippen LogP contribution in [0, 0.1) is 0 Å². The summed E-state index contributed by atoms with van der Waals surface area (Å²) in [5, 5.41) is 0. The minimum Gasteiger partial charge on any atom is -0.381 e. The van der Waals surface area contributed by atoms with Crippen LogP contribution in [0.25, 0.3) is 0 Å². The van der Waals surface area contributed by atoms with Crippen molar-refractivity contribution in [3.63, 3.8) is 0 Å². The van der Waals surface area contributed by atoms with Crippen molar-refractivity contribution >= 4 is 0 Å². The van der Waals surface area contributed by atoms with Gasteiger partial charge in [0.05, 0.1) is 13.2 Å². The van der Waals surface area contributed by atoms with Crippen LogP contribution in [0.4, 0.5) is 0 Å². The van der Waals surface area contributed by atoms with E-state index in [-0.39, 0.29) is 0 Å². The Bertz CT molecular complexity index is 95.8. The maximum absolute atomic E-state index is 5.07. The SMILES string of the molecule is C1CCOC1.C1CCOCC1.C1COCO1.CC.CC.CC.CC.CC.CC. The van der Waals surface area contributed by atoms with E-state index < -0.39 is 0 Å². The summed E-state index contributed by atoms with van der Waals surface area (Å²) in [6.07, 6.45) is 6.49. The third kappa shape index (κ3) is 63.5. The normalized spacial score (nSPS) is 15.0. The molecule has 0 N–H and O–H groups in total. The number of ether oxygens (including phenoxy) is 4. The summed E-state index contributed by atoms with van der Waals surface area (Å²) in [5.74, 6) is 0. The van der Waals surface area contributed by atoms with E-state index in [1.54, 1.807) is 0 Å². The summed E-state index contributed by atoms with van der Waals surface area (Å²) < 4.78 is 19.5. The minimum absolute atomic E-state index is 0.500. The monoisotopic (exact) mass is 412 g/mol. The van der Waals surface area contributed by atoms with Gasteiger partial charge in [0.25, 0.3) is 0 Å². The second kappa shape index (κ2) is 71.4. The van der Waals surface area contributed by atoms with Crippen LogP contribution in [0.1, 0.15) is 115 Å². The van der Waals surface area contributed by atoms with Crippen LogP contribution in [-0.4, -0.2) is 46.4 Å². The van der Waals surface area contributed by atoms with Crippen molar-refractivity contribution < 1.29 is 18.9 Å². The van der Waals surface area contributed by atoms with Crippen molar-refractivity contribution in [2.45, 2.75) is 115 Å². The van der Waals surface area contributed by atoms with Crippen LogP contribution in [0.3, 0.4) is 0 Å². The Morgan fingerprint density at radius 1 is 0.286 bits per heavy atom. The number of hydrogen-bond acceptors (Lipinski definition) is 4. The Morgan fingerprint density at radius 2 is 0.536 bits per heavy atom. The maximum Gasteiger partial charge on any atom is 0.146 e. The second-order valence-electron chi connectivity index (χ2n) is 3.93. The first-order chi connectivity index (χ1) is 14.0. The van der Waals surface area contributed by atoms with Gasteiger partial charge in [0.2, 0.25) is 0 Å². The van der Waals surface area contributed by atoms with Gasteiger partial charge in [-0.3, -0.25) is 0 Å². The lowest BCUT2D eigenvalue weighted by atomic mass is 10.2. The van der Waals surface area contributed by atoms with Gasteiger partial charge in [-0.2, -0.15) is 0 Å².